The summed E-state index contributed by atoms with van der Waals surface area (Å²) in [5, 5.41) is 3.13. The fourth-order valence-electron chi connectivity index (χ4n) is 1.42. The molecule has 1 rings (SSSR count). The molecule has 84 valence electrons. The van der Waals surface area contributed by atoms with Crippen LogP contribution in [-0.4, -0.2) is 26.8 Å². The zero-order chi connectivity index (χ0) is 11.3. The van der Waals surface area contributed by atoms with E-state index in [1.165, 1.54) is 6.07 Å². The van der Waals surface area contributed by atoms with Gasteiger partial charge in [0, 0.05) is 13.2 Å². The second-order valence-corrected chi connectivity index (χ2v) is 4.15. The number of benzene rings is 1. The van der Waals surface area contributed by atoms with Crippen molar-refractivity contribution in [3.8, 4) is 0 Å². The molecule has 0 aliphatic rings. The van der Waals surface area contributed by atoms with Crippen molar-refractivity contribution in [3.63, 3.8) is 0 Å². The van der Waals surface area contributed by atoms with Gasteiger partial charge in [-0.05, 0) is 41.0 Å². The Kier molecular flexibility index (Phi) is 5.22. The number of nitrogens with one attached hydrogen (secondary N) is 1. The van der Waals surface area contributed by atoms with E-state index in [1.807, 2.05) is 13.1 Å². The average Bonchev–Trinajstić information content (AvgIpc) is 2.24. The van der Waals surface area contributed by atoms with E-state index in [0.717, 1.165) is 12.0 Å². The van der Waals surface area contributed by atoms with Crippen LogP contribution >= 0.6 is 15.9 Å². The highest BCUT2D eigenvalue weighted by Crippen LogP contribution is 2.21. The van der Waals surface area contributed by atoms with E-state index in [4.69, 9.17) is 4.74 Å². The lowest BCUT2D eigenvalue weighted by molar-refractivity contribution is 0.169. The molecule has 1 atom stereocenters. The first-order chi connectivity index (χ1) is 7.19. The monoisotopic (exact) mass is 275 g/mol. The van der Waals surface area contributed by atoms with Gasteiger partial charge in [-0.2, -0.15) is 0 Å². The average molecular weight is 276 g/mol. The van der Waals surface area contributed by atoms with Gasteiger partial charge in [-0.3, -0.25) is 0 Å². The van der Waals surface area contributed by atoms with E-state index in [9.17, 15) is 4.39 Å². The number of hydrogen-bond acceptors (Lipinski definition) is 2. The molecular formula is C11H15BrFNO. The molecule has 2 nitrogen and oxygen atoms in total. The molecule has 15 heavy (non-hydrogen) atoms. The summed E-state index contributed by atoms with van der Waals surface area (Å²) in [7, 11) is 3.53. The Morgan fingerprint density at radius 1 is 1.53 bits per heavy atom. The van der Waals surface area contributed by atoms with E-state index in [2.05, 4.69) is 21.2 Å². The number of ether oxygens (including phenoxy) is 1. The van der Waals surface area contributed by atoms with Crippen molar-refractivity contribution in [3.05, 3.63) is 34.1 Å². The van der Waals surface area contributed by atoms with E-state index in [-0.39, 0.29) is 11.9 Å². The van der Waals surface area contributed by atoms with Crippen LogP contribution in [0.4, 0.5) is 4.39 Å². The van der Waals surface area contributed by atoms with Crippen molar-refractivity contribution >= 4 is 15.9 Å². The summed E-state index contributed by atoms with van der Waals surface area (Å²) in [6.07, 6.45) is 0.739. The second-order valence-electron chi connectivity index (χ2n) is 3.36. The van der Waals surface area contributed by atoms with Crippen molar-refractivity contribution in [1.82, 2.24) is 5.32 Å². The van der Waals surface area contributed by atoms with Gasteiger partial charge in [0.1, 0.15) is 5.82 Å². The van der Waals surface area contributed by atoms with Crippen molar-refractivity contribution < 1.29 is 9.13 Å². The third-order valence-electron chi connectivity index (χ3n) is 2.27. The molecule has 0 radical (unpaired) electrons. The van der Waals surface area contributed by atoms with Crippen LogP contribution < -0.4 is 5.32 Å². The highest BCUT2D eigenvalue weighted by atomic mass is 79.9. The van der Waals surface area contributed by atoms with Gasteiger partial charge in [-0.25, -0.2) is 4.39 Å². The number of halogens is 2. The number of likely N-dealkylation sites (N-methyl/N-ethyl adjacent to an activating group) is 1. The van der Waals surface area contributed by atoms with Gasteiger partial charge in [0.25, 0.3) is 0 Å². The molecule has 0 aliphatic carbocycles. The minimum Gasteiger partial charge on any atom is -0.383 e. The maximum Gasteiger partial charge on any atom is 0.137 e. The molecule has 0 aromatic heterocycles. The Morgan fingerprint density at radius 3 is 2.87 bits per heavy atom. The van der Waals surface area contributed by atoms with Crippen molar-refractivity contribution in [2.75, 3.05) is 20.8 Å². The summed E-state index contributed by atoms with van der Waals surface area (Å²) >= 11 is 3.25. The van der Waals surface area contributed by atoms with Crippen molar-refractivity contribution in [2.45, 2.75) is 12.5 Å². The van der Waals surface area contributed by atoms with Crippen LogP contribution in [-0.2, 0) is 11.2 Å². The molecule has 1 aromatic rings. The molecule has 0 bridgehead atoms. The third-order valence-corrected chi connectivity index (χ3v) is 3.16. The first-order valence-corrected chi connectivity index (χ1v) is 5.57. The van der Waals surface area contributed by atoms with Crippen LogP contribution in [0.25, 0.3) is 0 Å². The molecule has 1 N–H and O–H groups in total. The lowest BCUT2D eigenvalue weighted by Crippen LogP contribution is -2.32. The summed E-state index contributed by atoms with van der Waals surface area (Å²) in [5.41, 5.74) is 0.950. The van der Waals surface area contributed by atoms with E-state index in [1.54, 1.807) is 13.2 Å². The lowest BCUT2D eigenvalue weighted by Gasteiger charge is -2.16. The minimum atomic E-state index is -0.222. The first-order valence-electron chi connectivity index (χ1n) is 4.78. The number of hydrogen-bond donors (Lipinski definition) is 1. The fourth-order valence-corrected chi connectivity index (χ4v) is 1.84. The number of rotatable bonds is 5. The lowest BCUT2D eigenvalue weighted by atomic mass is 10.1. The Labute approximate surface area is 98.0 Å². The largest absolute Gasteiger partial charge is 0.383 e. The zero-order valence-corrected chi connectivity index (χ0v) is 10.5. The molecule has 4 heteroatoms. The van der Waals surface area contributed by atoms with E-state index < -0.39 is 0 Å². The number of methoxy groups -OCH3 is 1. The van der Waals surface area contributed by atoms with Crippen molar-refractivity contribution in [1.29, 1.82) is 0 Å². The summed E-state index contributed by atoms with van der Waals surface area (Å²) in [6.45, 7) is 0.611. The van der Waals surface area contributed by atoms with E-state index >= 15 is 0 Å². The van der Waals surface area contributed by atoms with Gasteiger partial charge in [0.05, 0.1) is 11.1 Å². The minimum absolute atomic E-state index is 0.202. The topological polar surface area (TPSA) is 21.3 Å². The Bertz CT molecular complexity index is 319. The van der Waals surface area contributed by atoms with Crippen molar-refractivity contribution in [2.24, 2.45) is 0 Å². The Balaban J connectivity index is 2.74. The maximum atomic E-state index is 13.2. The van der Waals surface area contributed by atoms with Gasteiger partial charge in [-0.15, -0.1) is 0 Å². The van der Waals surface area contributed by atoms with Crippen LogP contribution in [0.2, 0.25) is 0 Å². The molecule has 0 heterocycles. The normalized spacial score (nSPS) is 12.8. The molecule has 0 spiro atoms. The highest BCUT2D eigenvalue weighted by Gasteiger charge is 2.11. The smallest absolute Gasteiger partial charge is 0.137 e. The molecule has 0 amide bonds. The Hall–Kier alpha value is -0.450. The van der Waals surface area contributed by atoms with Crippen LogP contribution in [0.3, 0.4) is 0 Å². The summed E-state index contributed by atoms with van der Waals surface area (Å²) < 4.78 is 18.8. The second kappa shape index (κ2) is 6.20. The molecule has 0 fully saturated rings. The Morgan fingerprint density at radius 2 is 2.27 bits per heavy atom. The van der Waals surface area contributed by atoms with Gasteiger partial charge in [-0.1, -0.05) is 12.1 Å². The molecular weight excluding hydrogens is 261 g/mol. The molecule has 0 saturated heterocycles. The van der Waals surface area contributed by atoms with Gasteiger partial charge < -0.3 is 10.1 Å². The van der Waals surface area contributed by atoms with Crippen LogP contribution in [0, 0.1) is 5.82 Å². The predicted molar refractivity (Wildman–Crippen MR) is 62.5 cm³/mol. The summed E-state index contributed by atoms with van der Waals surface area (Å²) in [6, 6.07) is 5.27. The standard InChI is InChI=1S/C11H15BrFNO/c1-14-9(7-15-2)6-8-4-3-5-10(13)11(8)12/h3-5,9,14H,6-7H2,1-2H3. The van der Waals surface area contributed by atoms with Gasteiger partial charge in [0.2, 0.25) is 0 Å². The molecule has 0 saturated carbocycles. The molecule has 0 aliphatic heterocycles. The SMILES string of the molecule is CNC(COC)Cc1cccc(F)c1Br. The summed E-state index contributed by atoms with van der Waals surface area (Å²) in [4.78, 5) is 0. The zero-order valence-electron chi connectivity index (χ0n) is 8.89. The van der Waals surface area contributed by atoms with Crippen LogP contribution in [0.1, 0.15) is 5.56 Å². The predicted octanol–water partition coefficient (Wildman–Crippen LogP) is 2.37. The maximum absolute atomic E-state index is 13.2. The fraction of sp³-hybridized carbons (Fsp3) is 0.455. The first kappa shape index (κ1) is 12.6. The van der Waals surface area contributed by atoms with Gasteiger partial charge >= 0.3 is 0 Å². The summed E-state index contributed by atoms with van der Waals surface area (Å²) in [5.74, 6) is -0.222. The molecule has 1 unspecified atom stereocenters. The molecule has 1 aromatic carbocycles. The van der Waals surface area contributed by atoms with Crippen LogP contribution in [0.5, 0.6) is 0 Å². The van der Waals surface area contributed by atoms with Crippen LogP contribution in [0.15, 0.2) is 22.7 Å². The highest BCUT2D eigenvalue weighted by molar-refractivity contribution is 9.10. The van der Waals surface area contributed by atoms with E-state index in [0.29, 0.717) is 11.1 Å². The van der Waals surface area contributed by atoms with Gasteiger partial charge in [0.15, 0.2) is 0 Å². The third kappa shape index (κ3) is 3.55. The quantitative estimate of drug-likeness (QED) is 0.891.